The van der Waals surface area contributed by atoms with Crippen LogP contribution >= 0.6 is 0 Å². The summed E-state index contributed by atoms with van der Waals surface area (Å²) in [5.41, 5.74) is 7.83. The molecule has 0 unspecified atom stereocenters. The largest absolute Gasteiger partial charge is 0.305 e. The molecule has 0 atom stereocenters. The molecule has 0 spiro atoms. The van der Waals surface area contributed by atoms with E-state index >= 15 is 0 Å². The van der Waals surface area contributed by atoms with Gasteiger partial charge >= 0.3 is 0 Å². The molecular formula is C23H28N4O2S. The molecule has 0 radical (unpaired) electrons. The second kappa shape index (κ2) is 9.38. The van der Waals surface area contributed by atoms with E-state index in [1.54, 1.807) is 12.1 Å². The minimum absolute atomic E-state index is 0.144. The van der Waals surface area contributed by atoms with Crippen LogP contribution in [0, 0.1) is 0 Å². The fraction of sp³-hybridized carbons (Fsp3) is 0.261. The van der Waals surface area contributed by atoms with E-state index < -0.39 is 10.0 Å². The van der Waals surface area contributed by atoms with Gasteiger partial charge in [-0.3, -0.25) is 0 Å². The SMILES string of the molecule is CC(C)(C)NNc1ccc(S(=O)(=O)N(Cc2ccccc2)Cc2ccccc2)cn1. The van der Waals surface area contributed by atoms with Crippen molar-refractivity contribution in [2.24, 2.45) is 0 Å². The number of sulfonamides is 1. The monoisotopic (exact) mass is 424 g/mol. The van der Waals surface area contributed by atoms with Gasteiger partial charge in [-0.25, -0.2) is 18.8 Å². The van der Waals surface area contributed by atoms with Crippen molar-refractivity contribution in [1.82, 2.24) is 14.7 Å². The summed E-state index contributed by atoms with van der Waals surface area (Å²) in [6.07, 6.45) is 1.39. The second-order valence-electron chi connectivity index (χ2n) is 8.12. The van der Waals surface area contributed by atoms with Crippen LogP contribution in [0.1, 0.15) is 31.9 Å². The predicted octanol–water partition coefficient (Wildman–Crippen LogP) is 4.19. The summed E-state index contributed by atoms with van der Waals surface area (Å²) in [5.74, 6) is 0.557. The van der Waals surface area contributed by atoms with Crippen molar-refractivity contribution in [3.63, 3.8) is 0 Å². The first-order chi connectivity index (χ1) is 14.2. The highest BCUT2D eigenvalue weighted by molar-refractivity contribution is 7.89. The van der Waals surface area contributed by atoms with Crippen LogP contribution in [0.4, 0.5) is 5.82 Å². The van der Waals surface area contributed by atoms with Gasteiger partial charge in [0.1, 0.15) is 10.7 Å². The van der Waals surface area contributed by atoms with Crippen LogP contribution in [0.15, 0.2) is 83.9 Å². The molecule has 0 amide bonds. The lowest BCUT2D eigenvalue weighted by Gasteiger charge is -2.23. The van der Waals surface area contributed by atoms with E-state index in [4.69, 9.17) is 0 Å². The van der Waals surface area contributed by atoms with Crippen LogP contribution in [0.25, 0.3) is 0 Å². The zero-order chi connectivity index (χ0) is 21.6. The Kier molecular flexibility index (Phi) is 6.87. The summed E-state index contributed by atoms with van der Waals surface area (Å²) < 4.78 is 28.3. The fourth-order valence-corrected chi connectivity index (χ4v) is 4.17. The fourth-order valence-electron chi connectivity index (χ4n) is 2.81. The van der Waals surface area contributed by atoms with Gasteiger partial charge in [0.2, 0.25) is 10.0 Å². The van der Waals surface area contributed by atoms with Crippen molar-refractivity contribution in [2.45, 2.75) is 44.3 Å². The van der Waals surface area contributed by atoms with Crippen LogP contribution < -0.4 is 10.9 Å². The topological polar surface area (TPSA) is 74.3 Å². The Morgan fingerprint density at radius 1 is 0.833 bits per heavy atom. The van der Waals surface area contributed by atoms with Gasteiger partial charge in [0, 0.05) is 24.8 Å². The molecule has 3 aromatic rings. The number of hydrogen-bond acceptors (Lipinski definition) is 5. The molecule has 0 saturated heterocycles. The standard InChI is InChI=1S/C23H28N4O2S/c1-23(2,3)26-25-22-15-14-21(16-24-22)30(28,29)27(17-19-10-6-4-7-11-19)18-20-12-8-5-9-13-20/h4-16,26H,17-18H2,1-3H3,(H,24,25). The molecule has 2 aromatic carbocycles. The van der Waals surface area contributed by atoms with Gasteiger partial charge in [0.25, 0.3) is 0 Å². The van der Waals surface area contributed by atoms with Crippen molar-refractivity contribution < 1.29 is 8.42 Å². The van der Waals surface area contributed by atoms with E-state index in [0.717, 1.165) is 11.1 Å². The third-order valence-electron chi connectivity index (χ3n) is 4.34. The molecule has 1 aromatic heterocycles. The highest BCUT2D eigenvalue weighted by Gasteiger charge is 2.25. The van der Waals surface area contributed by atoms with Gasteiger partial charge in [-0.1, -0.05) is 60.7 Å². The third-order valence-corrected chi connectivity index (χ3v) is 6.12. The quantitative estimate of drug-likeness (QED) is 0.531. The van der Waals surface area contributed by atoms with E-state index in [0.29, 0.717) is 5.82 Å². The summed E-state index contributed by atoms with van der Waals surface area (Å²) in [6.45, 7) is 6.62. The van der Waals surface area contributed by atoms with E-state index in [2.05, 4.69) is 15.8 Å². The highest BCUT2D eigenvalue weighted by atomic mass is 32.2. The Morgan fingerprint density at radius 2 is 1.37 bits per heavy atom. The van der Waals surface area contributed by atoms with Gasteiger partial charge in [-0.05, 0) is 44.0 Å². The van der Waals surface area contributed by atoms with Crippen molar-refractivity contribution in [1.29, 1.82) is 0 Å². The molecule has 2 N–H and O–H groups in total. The van der Waals surface area contributed by atoms with E-state index in [1.807, 2.05) is 81.4 Å². The zero-order valence-corrected chi connectivity index (χ0v) is 18.4. The molecular weight excluding hydrogens is 396 g/mol. The Hall–Kier alpha value is -2.74. The van der Waals surface area contributed by atoms with E-state index in [-0.39, 0.29) is 23.5 Å². The highest BCUT2D eigenvalue weighted by Crippen LogP contribution is 2.21. The number of hydrogen-bond donors (Lipinski definition) is 2. The summed E-state index contributed by atoms with van der Waals surface area (Å²) in [6, 6.07) is 22.4. The molecule has 0 saturated carbocycles. The summed E-state index contributed by atoms with van der Waals surface area (Å²) >= 11 is 0. The summed E-state index contributed by atoms with van der Waals surface area (Å²) in [4.78, 5) is 4.43. The lowest BCUT2D eigenvalue weighted by molar-refractivity contribution is 0.401. The lowest BCUT2D eigenvalue weighted by atomic mass is 10.1. The molecule has 30 heavy (non-hydrogen) atoms. The Morgan fingerprint density at radius 3 is 1.80 bits per heavy atom. The first kappa shape index (κ1) is 22.0. The first-order valence-electron chi connectivity index (χ1n) is 9.81. The maximum Gasteiger partial charge on any atom is 0.245 e. The molecule has 0 fully saturated rings. The predicted molar refractivity (Wildman–Crippen MR) is 120 cm³/mol. The smallest absolute Gasteiger partial charge is 0.245 e. The first-order valence-corrected chi connectivity index (χ1v) is 11.3. The normalized spacial score (nSPS) is 12.1. The van der Waals surface area contributed by atoms with Crippen molar-refractivity contribution in [3.8, 4) is 0 Å². The number of anilines is 1. The van der Waals surface area contributed by atoms with Crippen molar-refractivity contribution >= 4 is 15.8 Å². The van der Waals surface area contributed by atoms with E-state index in [1.165, 1.54) is 10.5 Å². The van der Waals surface area contributed by atoms with Gasteiger partial charge in [-0.15, -0.1) is 0 Å². The molecule has 7 heteroatoms. The van der Waals surface area contributed by atoms with Crippen LogP contribution in [0.3, 0.4) is 0 Å². The van der Waals surface area contributed by atoms with Gasteiger partial charge in [0.15, 0.2) is 0 Å². The van der Waals surface area contributed by atoms with E-state index in [9.17, 15) is 8.42 Å². The molecule has 1 heterocycles. The number of rotatable bonds is 8. The number of nitrogens with one attached hydrogen (secondary N) is 2. The molecule has 0 bridgehead atoms. The molecule has 0 aliphatic rings. The maximum absolute atomic E-state index is 13.4. The average molecular weight is 425 g/mol. The van der Waals surface area contributed by atoms with Gasteiger partial charge in [0.05, 0.1) is 0 Å². The molecule has 158 valence electrons. The maximum atomic E-state index is 13.4. The minimum Gasteiger partial charge on any atom is -0.305 e. The zero-order valence-electron chi connectivity index (χ0n) is 17.5. The molecule has 3 rings (SSSR count). The third kappa shape index (κ3) is 6.13. The Labute approximate surface area is 179 Å². The molecule has 0 aliphatic carbocycles. The van der Waals surface area contributed by atoms with Crippen molar-refractivity contribution in [3.05, 3.63) is 90.1 Å². The molecule has 0 aliphatic heterocycles. The van der Waals surface area contributed by atoms with Crippen LogP contribution in [-0.2, 0) is 23.1 Å². The number of hydrazine groups is 1. The van der Waals surface area contributed by atoms with Gasteiger partial charge in [-0.2, -0.15) is 4.31 Å². The lowest BCUT2D eigenvalue weighted by Crippen LogP contribution is -2.40. The van der Waals surface area contributed by atoms with Crippen LogP contribution in [0.2, 0.25) is 0 Å². The Bertz CT molecular complexity index is 991. The number of aromatic nitrogens is 1. The summed E-state index contributed by atoms with van der Waals surface area (Å²) in [7, 11) is -3.73. The summed E-state index contributed by atoms with van der Waals surface area (Å²) in [5, 5.41) is 0. The van der Waals surface area contributed by atoms with Crippen LogP contribution in [-0.4, -0.2) is 23.2 Å². The van der Waals surface area contributed by atoms with Crippen LogP contribution in [0.5, 0.6) is 0 Å². The number of pyridine rings is 1. The molecule has 6 nitrogen and oxygen atoms in total. The minimum atomic E-state index is -3.73. The van der Waals surface area contributed by atoms with Gasteiger partial charge < -0.3 is 5.43 Å². The second-order valence-corrected chi connectivity index (χ2v) is 10.1. The number of benzene rings is 2. The average Bonchev–Trinajstić information content (AvgIpc) is 2.73. The van der Waals surface area contributed by atoms with Crippen molar-refractivity contribution in [2.75, 3.05) is 5.43 Å². The Balaban J connectivity index is 1.85. The number of nitrogens with zero attached hydrogens (tertiary/aromatic N) is 2.